The zero-order chi connectivity index (χ0) is 46.2. The number of alkyl carbamates (subject to hydrolysis) is 2. The predicted octanol–water partition coefficient (Wildman–Crippen LogP) is 8.78. The molecule has 2 aromatic heterocycles. The number of benzene rings is 2. The summed E-state index contributed by atoms with van der Waals surface area (Å²) < 4.78 is 9.89. The van der Waals surface area contributed by atoms with Gasteiger partial charge in [0.15, 0.2) is 0 Å². The number of aromatic amines is 2. The highest BCUT2D eigenvalue weighted by Crippen LogP contribution is 2.48. The fourth-order valence-corrected chi connectivity index (χ4v) is 12.1. The second kappa shape index (κ2) is 19.3. The van der Waals surface area contributed by atoms with Crippen molar-refractivity contribution < 1.29 is 28.7 Å². The van der Waals surface area contributed by atoms with E-state index in [9.17, 15) is 19.2 Å². The number of methoxy groups -OCH3 is 2. The fraction of sp³-hybridized carbons (Fsp3) is 0.577. The summed E-state index contributed by atoms with van der Waals surface area (Å²) in [6.45, 7) is 7.83. The lowest BCUT2D eigenvalue weighted by atomic mass is 9.84. The minimum Gasteiger partial charge on any atom is -0.453 e. The van der Waals surface area contributed by atoms with Crippen LogP contribution in [0.15, 0.2) is 48.8 Å². The van der Waals surface area contributed by atoms with Crippen LogP contribution >= 0.6 is 0 Å². The van der Waals surface area contributed by atoms with Crippen molar-refractivity contribution in [3.05, 3.63) is 82.7 Å². The SMILES string of the molecule is COC(=O)NC(C(=O)N1C(c2ncc(-c3cc4c(-c5cnc(C6CC7CCCCC7N6C(=O)C(NC(=O)OC)C(C)C)[nH]5)cc3CCc3ccc(cc3)CC4)[nH]2)CC2CCCCC21)C(C)C. The molecule has 66 heavy (non-hydrogen) atoms. The number of amides is 4. The van der Waals surface area contributed by atoms with Crippen molar-refractivity contribution in [3.63, 3.8) is 0 Å². The van der Waals surface area contributed by atoms with Gasteiger partial charge >= 0.3 is 12.2 Å². The van der Waals surface area contributed by atoms with Gasteiger partial charge in [0.2, 0.25) is 11.8 Å². The van der Waals surface area contributed by atoms with Crippen LogP contribution in [0.5, 0.6) is 0 Å². The van der Waals surface area contributed by atoms with Crippen LogP contribution < -0.4 is 10.6 Å². The molecule has 12 rings (SSSR count). The second-order valence-electron chi connectivity index (χ2n) is 20.3. The number of H-pyrrole nitrogens is 2. The number of hydrogen-bond acceptors (Lipinski definition) is 8. The van der Waals surface area contributed by atoms with E-state index in [1.54, 1.807) is 0 Å². The Hall–Kier alpha value is -5.66. The third-order valence-corrected chi connectivity index (χ3v) is 15.6. The Morgan fingerprint density at radius 1 is 0.606 bits per heavy atom. The molecule has 8 unspecified atom stereocenters. The van der Waals surface area contributed by atoms with E-state index >= 15 is 0 Å². The minimum absolute atomic E-state index is 0.0828. The van der Waals surface area contributed by atoms with Crippen LogP contribution in [0.25, 0.3) is 22.5 Å². The van der Waals surface area contributed by atoms with E-state index in [1.165, 1.54) is 36.5 Å². The highest BCUT2D eigenvalue weighted by atomic mass is 16.5. The first-order chi connectivity index (χ1) is 31.9. The molecule has 2 aromatic carbocycles. The predicted molar refractivity (Wildman–Crippen MR) is 251 cm³/mol. The standard InChI is InChI=1S/C52H68N8O6/c1-29(2)45(57-51(63)65-5)49(61)59-41-13-9-7-11-35(41)25-43(59)47-53-27-39(55-47)37-23-34-22-20-32-17-15-31(16-18-32)19-21-33(37)24-38(34)40-28-54-48(56-40)44-26-36-12-8-10-14-42(36)60(44)50(62)46(30(3)4)58-52(64)66-6/h15-18,23-24,27-30,35-36,41-46H,7-14,19-22,25-26H2,1-6H3,(H,53,55)(H,54,56)(H,57,63)(H,58,64). The number of carbonyl (C=O) groups excluding carboxylic acids is 4. The molecule has 4 aromatic rings. The van der Waals surface area contributed by atoms with Crippen LogP contribution in [0, 0.1) is 23.7 Å². The number of hydrogen-bond donors (Lipinski definition) is 4. The Morgan fingerprint density at radius 2 is 1.00 bits per heavy atom. The van der Waals surface area contributed by atoms with E-state index in [2.05, 4.69) is 57.0 Å². The van der Waals surface area contributed by atoms with Crippen molar-refractivity contribution in [2.75, 3.05) is 14.2 Å². The Bertz CT molecular complexity index is 2240. The third-order valence-electron chi connectivity index (χ3n) is 15.6. The monoisotopic (exact) mass is 901 g/mol. The molecule has 14 nitrogen and oxygen atoms in total. The number of nitrogens with zero attached hydrogens (tertiary/aromatic N) is 4. The summed E-state index contributed by atoms with van der Waals surface area (Å²) in [4.78, 5) is 75.8. The number of fused-ring (bicyclic) bond motifs is 2. The van der Waals surface area contributed by atoms with Crippen LogP contribution in [-0.2, 0) is 44.7 Å². The van der Waals surface area contributed by atoms with Crippen molar-refractivity contribution in [3.8, 4) is 22.5 Å². The summed E-state index contributed by atoms with van der Waals surface area (Å²) in [6, 6.07) is 11.9. The topological polar surface area (TPSA) is 175 Å². The lowest BCUT2D eigenvalue weighted by Crippen LogP contribution is -2.53. The van der Waals surface area contributed by atoms with Gasteiger partial charge in [0.1, 0.15) is 23.7 Å². The van der Waals surface area contributed by atoms with Crippen molar-refractivity contribution >= 4 is 24.0 Å². The molecule has 4 heterocycles. The summed E-state index contributed by atoms with van der Waals surface area (Å²) in [6.07, 6.45) is 16.1. The molecule has 0 spiro atoms. The van der Waals surface area contributed by atoms with Gasteiger partial charge in [-0.15, -0.1) is 0 Å². The quantitative estimate of drug-likeness (QED) is 0.122. The summed E-state index contributed by atoms with van der Waals surface area (Å²) in [5, 5.41) is 5.68. The normalized spacial score (nSPS) is 24.6. The molecular formula is C52H68N8O6. The van der Waals surface area contributed by atoms with Crippen LogP contribution in [-0.4, -0.2) is 92.1 Å². The van der Waals surface area contributed by atoms with Crippen molar-refractivity contribution in [1.82, 2.24) is 40.4 Å². The molecule has 4 fully saturated rings. The molecule has 14 heteroatoms. The molecule has 6 aliphatic carbocycles. The number of aromatic nitrogens is 4. The Labute approximate surface area is 388 Å². The van der Waals surface area contributed by atoms with E-state index in [1.807, 2.05) is 49.9 Å². The number of carbonyl (C=O) groups is 4. The maximum atomic E-state index is 14.6. The van der Waals surface area contributed by atoms with E-state index in [0.717, 1.165) is 124 Å². The van der Waals surface area contributed by atoms with Gasteiger partial charge in [-0.3, -0.25) is 9.59 Å². The number of aryl methyl sites for hydroxylation is 4. The van der Waals surface area contributed by atoms with Gasteiger partial charge in [-0.1, -0.05) is 77.6 Å². The first kappa shape index (κ1) is 45.5. The number of ether oxygens (including phenoxy) is 2. The average molecular weight is 901 g/mol. The van der Waals surface area contributed by atoms with Gasteiger partial charge in [-0.2, -0.15) is 0 Å². The van der Waals surface area contributed by atoms with Crippen molar-refractivity contribution in [2.45, 2.75) is 154 Å². The lowest BCUT2D eigenvalue weighted by molar-refractivity contribution is -0.139. The summed E-state index contributed by atoms with van der Waals surface area (Å²) >= 11 is 0. The van der Waals surface area contributed by atoms with Gasteiger partial charge < -0.3 is 39.9 Å². The number of likely N-dealkylation sites (tertiary alicyclic amines) is 2. The molecule has 352 valence electrons. The zero-order valence-electron chi connectivity index (χ0n) is 39.5. The van der Waals surface area contributed by atoms with Gasteiger partial charge in [0.25, 0.3) is 0 Å². The molecule has 8 atom stereocenters. The van der Waals surface area contributed by atoms with Crippen molar-refractivity contribution in [1.29, 1.82) is 0 Å². The van der Waals surface area contributed by atoms with E-state index < -0.39 is 24.3 Å². The average Bonchev–Trinajstić information content (AvgIpc) is 4.15. The number of imidazole rings is 2. The summed E-state index contributed by atoms with van der Waals surface area (Å²) in [7, 11) is 2.65. The number of rotatable bonds is 10. The highest BCUT2D eigenvalue weighted by molar-refractivity contribution is 5.88. The Balaban J connectivity index is 1.07. The van der Waals surface area contributed by atoms with Crippen molar-refractivity contribution in [2.24, 2.45) is 23.7 Å². The second-order valence-corrected chi connectivity index (χ2v) is 20.3. The zero-order valence-corrected chi connectivity index (χ0v) is 39.5. The highest BCUT2D eigenvalue weighted by Gasteiger charge is 2.50. The molecule has 0 radical (unpaired) electrons. The number of nitrogens with one attached hydrogen (secondary N) is 4. The molecule has 2 saturated carbocycles. The van der Waals surface area contributed by atoms with Gasteiger partial charge in [0.05, 0.1) is 50.1 Å². The lowest BCUT2D eigenvalue weighted by Gasteiger charge is -2.36. The Kier molecular flexibility index (Phi) is 13.3. The first-order valence-electron chi connectivity index (χ1n) is 24.6. The van der Waals surface area contributed by atoms with Gasteiger partial charge in [-0.05, 0) is 122 Å². The fourth-order valence-electron chi connectivity index (χ4n) is 12.1. The molecule has 8 aliphatic rings. The maximum Gasteiger partial charge on any atom is 0.407 e. The van der Waals surface area contributed by atoms with E-state index in [4.69, 9.17) is 19.4 Å². The molecule has 2 aliphatic heterocycles. The third kappa shape index (κ3) is 8.96. The van der Waals surface area contributed by atoms with Crippen LogP contribution in [0.3, 0.4) is 0 Å². The smallest absolute Gasteiger partial charge is 0.407 e. The van der Waals surface area contributed by atoms with Crippen LogP contribution in [0.2, 0.25) is 0 Å². The van der Waals surface area contributed by atoms with E-state index in [-0.39, 0.29) is 47.8 Å². The summed E-state index contributed by atoms with van der Waals surface area (Å²) in [5.74, 6) is 1.87. The molecular weight excluding hydrogens is 833 g/mol. The van der Waals surface area contributed by atoms with Gasteiger partial charge in [-0.25, -0.2) is 19.6 Å². The van der Waals surface area contributed by atoms with Gasteiger partial charge in [0, 0.05) is 23.2 Å². The Morgan fingerprint density at radius 3 is 1.38 bits per heavy atom. The molecule has 4 amide bonds. The van der Waals surface area contributed by atoms with Crippen LogP contribution in [0.1, 0.15) is 138 Å². The van der Waals surface area contributed by atoms with Crippen LogP contribution in [0.4, 0.5) is 9.59 Å². The molecule has 4 bridgehead atoms. The molecule has 2 saturated heterocycles. The first-order valence-corrected chi connectivity index (χ1v) is 24.6. The molecule has 4 N–H and O–H groups in total. The summed E-state index contributed by atoms with van der Waals surface area (Å²) in [5.41, 5.74) is 8.94. The van der Waals surface area contributed by atoms with E-state index in [0.29, 0.717) is 11.8 Å². The maximum absolute atomic E-state index is 14.6. The largest absolute Gasteiger partial charge is 0.453 e. The minimum atomic E-state index is -0.714.